The van der Waals surface area contributed by atoms with Crippen molar-refractivity contribution in [3.05, 3.63) is 34.8 Å². The van der Waals surface area contributed by atoms with Gasteiger partial charge in [-0.05, 0) is 31.0 Å². The highest BCUT2D eigenvalue weighted by atomic mass is 32.1. The number of hydrogen-bond donors (Lipinski definition) is 2. The van der Waals surface area contributed by atoms with E-state index in [-0.39, 0.29) is 0 Å². The van der Waals surface area contributed by atoms with Crippen molar-refractivity contribution in [3.8, 4) is 10.6 Å². The lowest BCUT2D eigenvalue weighted by atomic mass is 10.1. The molecule has 0 saturated carbocycles. The van der Waals surface area contributed by atoms with Crippen molar-refractivity contribution in [1.29, 1.82) is 0 Å². The third kappa shape index (κ3) is 2.68. The van der Waals surface area contributed by atoms with Gasteiger partial charge in [0, 0.05) is 16.6 Å². The summed E-state index contributed by atoms with van der Waals surface area (Å²) in [6.07, 6.45) is 1.71. The van der Waals surface area contributed by atoms with Crippen molar-refractivity contribution in [1.82, 2.24) is 4.98 Å². The van der Waals surface area contributed by atoms with Gasteiger partial charge in [-0.2, -0.15) is 0 Å². The standard InChI is InChI=1S/C13H14N2O2S/c1-3-9-7-14-12(18-9)10-5-4-8(2)6-11(10)15-13(16)17/h4-7,15H,3H2,1-2H3,(H,16,17). The first-order valence-corrected chi connectivity index (χ1v) is 6.47. The zero-order valence-corrected chi connectivity index (χ0v) is 11.0. The van der Waals surface area contributed by atoms with Crippen molar-refractivity contribution in [2.75, 3.05) is 5.32 Å². The van der Waals surface area contributed by atoms with Gasteiger partial charge in [0.05, 0.1) is 5.69 Å². The van der Waals surface area contributed by atoms with E-state index in [1.54, 1.807) is 11.3 Å². The summed E-state index contributed by atoms with van der Waals surface area (Å²) in [6.45, 7) is 4.00. The van der Waals surface area contributed by atoms with Gasteiger partial charge in [0.25, 0.3) is 0 Å². The Hall–Kier alpha value is -1.88. The van der Waals surface area contributed by atoms with Crippen LogP contribution in [0.3, 0.4) is 0 Å². The van der Waals surface area contributed by atoms with E-state index in [1.807, 2.05) is 31.3 Å². The summed E-state index contributed by atoms with van der Waals surface area (Å²) in [5.74, 6) is 0. The van der Waals surface area contributed by atoms with E-state index in [2.05, 4.69) is 17.2 Å². The average Bonchev–Trinajstić information content (AvgIpc) is 2.77. The molecule has 1 amide bonds. The van der Waals surface area contributed by atoms with Gasteiger partial charge in [0.1, 0.15) is 5.01 Å². The molecular formula is C13H14N2O2S. The molecule has 0 radical (unpaired) electrons. The van der Waals surface area contributed by atoms with E-state index in [1.165, 1.54) is 4.88 Å². The first-order chi connectivity index (χ1) is 8.60. The number of nitrogens with zero attached hydrogens (tertiary/aromatic N) is 1. The van der Waals surface area contributed by atoms with Crippen molar-refractivity contribution >= 4 is 23.1 Å². The Morgan fingerprint density at radius 3 is 2.89 bits per heavy atom. The molecule has 94 valence electrons. The predicted octanol–water partition coefficient (Wildman–Crippen LogP) is 3.77. The van der Waals surface area contributed by atoms with Crippen LogP contribution in [0.15, 0.2) is 24.4 Å². The Labute approximate surface area is 109 Å². The second kappa shape index (κ2) is 5.18. The fourth-order valence-electron chi connectivity index (χ4n) is 1.66. The number of aromatic nitrogens is 1. The van der Waals surface area contributed by atoms with Crippen LogP contribution in [0.1, 0.15) is 17.4 Å². The smallest absolute Gasteiger partial charge is 0.409 e. The summed E-state index contributed by atoms with van der Waals surface area (Å²) in [6, 6.07) is 5.67. The average molecular weight is 262 g/mol. The molecule has 0 aliphatic heterocycles. The topological polar surface area (TPSA) is 62.2 Å². The predicted molar refractivity (Wildman–Crippen MR) is 73.3 cm³/mol. The SMILES string of the molecule is CCc1cnc(-c2ccc(C)cc2NC(=O)O)s1. The molecule has 2 rings (SSSR count). The number of benzene rings is 1. The number of rotatable bonds is 3. The third-order valence-electron chi connectivity index (χ3n) is 2.55. The fraction of sp³-hybridized carbons (Fsp3) is 0.231. The lowest BCUT2D eigenvalue weighted by molar-refractivity contribution is 0.210. The van der Waals surface area contributed by atoms with Crippen LogP contribution in [0.5, 0.6) is 0 Å². The van der Waals surface area contributed by atoms with E-state index >= 15 is 0 Å². The largest absolute Gasteiger partial charge is 0.465 e. The van der Waals surface area contributed by atoms with E-state index < -0.39 is 6.09 Å². The molecule has 1 heterocycles. The highest BCUT2D eigenvalue weighted by Gasteiger charge is 2.11. The summed E-state index contributed by atoms with van der Waals surface area (Å²) in [5, 5.41) is 12.1. The number of thiazole rings is 1. The molecule has 1 aromatic heterocycles. The van der Waals surface area contributed by atoms with Gasteiger partial charge in [-0.25, -0.2) is 9.78 Å². The van der Waals surface area contributed by atoms with Gasteiger partial charge in [-0.1, -0.05) is 13.0 Å². The Morgan fingerprint density at radius 1 is 1.50 bits per heavy atom. The van der Waals surface area contributed by atoms with Crippen molar-refractivity contribution in [3.63, 3.8) is 0 Å². The Balaban J connectivity index is 2.45. The molecule has 2 N–H and O–H groups in total. The second-order valence-corrected chi connectivity index (χ2v) is 5.08. The number of carboxylic acid groups (broad SMARTS) is 1. The fourth-order valence-corrected chi connectivity index (χ4v) is 2.55. The molecule has 5 heteroatoms. The molecule has 0 aliphatic carbocycles. The van der Waals surface area contributed by atoms with Crippen molar-refractivity contribution in [2.45, 2.75) is 20.3 Å². The molecule has 0 aliphatic rings. The zero-order chi connectivity index (χ0) is 13.1. The monoisotopic (exact) mass is 262 g/mol. The van der Waals surface area contributed by atoms with Gasteiger partial charge in [-0.3, -0.25) is 5.32 Å². The minimum absolute atomic E-state index is 0.583. The lowest BCUT2D eigenvalue weighted by Crippen LogP contribution is -2.08. The maximum absolute atomic E-state index is 10.8. The summed E-state index contributed by atoms with van der Waals surface area (Å²) in [5.41, 5.74) is 2.42. The summed E-state index contributed by atoms with van der Waals surface area (Å²) >= 11 is 1.59. The minimum atomic E-state index is -1.06. The molecule has 1 aromatic carbocycles. The Morgan fingerprint density at radius 2 is 2.28 bits per heavy atom. The first-order valence-electron chi connectivity index (χ1n) is 5.66. The van der Waals surface area contributed by atoms with Crippen molar-refractivity contribution in [2.24, 2.45) is 0 Å². The normalized spacial score (nSPS) is 10.3. The maximum atomic E-state index is 10.8. The summed E-state index contributed by atoms with van der Waals surface area (Å²) in [4.78, 5) is 16.3. The van der Waals surface area contributed by atoms with Gasteiger partial charge in [-0.15, -0.1) is 11.3 Å². The Bertz CT molecular complexity index is 578. The zero-order valence-electron chi connectivity index (χ0n) is 10.2. The van der Waals surface area contributed by atoms with E-state index in [0.29, 0.717) is 5.69 Å². The van der Waals surface area contributed by atoms with Crippen LogP contribution in [0.25, 0.3) is 10.6 Å². The molecule has 0 spiro atoms. The molecule has 0 fully saturated rings. The van der Waals surface area contributed by atoms with Crippen LogP contribution in [-0.4, -0.2) is 16.2 Å². The van der Waals surface area contributed by atoms with Crippen molar-refractivity contribution < 1.29 is 9.90 Å². The number of anilines is 1. The molecule has 0 saturated heterocycles. The van der Waals surface area contributed by atoms with Gasteiger partial charge >= 0.3 is 6.09 Å². The molecular weight excluding hydrogens is 248 g/mol. The van der Waals surface area contributed by atoms with Gasteiger partial charge in [0.15, 0.2) is 0 Å². The van der Waals surface area contributed by atoms with Crippen LogP contribution in [0.4, 0.5) is 10.5 Å². The maximum Gasteiger partial charge on any atom is 0.409 e. The van der Waals surface area contributed by atoms with Crippen LogP contribution < -0.4 is 5.32 Å². The van der Waals surface area contributed by atoms with E-state index in [4.69, 9.17) is 5.11 Å². The van der Waals surface area contributed by atoms with Gasteiger partial charge in [0.2, 0.25) is 0 Å². The number of nitrogens with one attached hydrogen (secondary N) is 1. The first kappa shape index (κ1) is 12.6. The van der Waals surface area contributed by atoms with E-state index in [0.717, 1.165) is 22.6 Å². The minimum Gasteiger partial charge on any atom is -0.465 e. The van der Waals surface area contributed by atoms with Crippen LogP contribution in [0, 0.1) is 6.92 Å². The van der Waals surface area contributed by atoms with E-state index in [9.17, 15) is 4.79 Å². The Kier molecular flexibility index (Phi) is 3.62. The van der Waals surface area contributed by atoms with Crippen LogP contribution in [-0.2, 0) is 6.42 Å². The molecule has 4 nitrogen and oxygen atoms in total. The molecule has 0 atom stereocenters. The summed E-state index contributed by atoms with van der Waals surface area (Å²) in [7, 11) is 0. The van der Waals surface area contributed by atoms with Crippen LogP contribution >= 0.6 is 11.3 Å². The lowest BCUT2D eigenvalue weighted by Gasteiger charge is -2.07. The quantitative estimate of drug-likeness (QED) is 0.885. The number of amides is 1. The third-order valence-corrected chi connectivity index (χ3v) is 3.72. The molecule has 0 unspecified atom stereocenters. The highest BCUT2D eigenvalue weighted by molar-refractivity contribution is 7.15. The van der Waals surface area contributed by atoms with Crippen LogP contribution in [0.2, 0.25) is 0 Å². The number of hydrogen-bond acceptors (Lipinski definition) is 3. The molecule has 18 heavy (non-hydrogen) atoms. The highest BCUT2D eigenvalue weighted by Crippen LogP contribution is 2.32. The number of aryl methyl sites for hydroxylation is 2. The number of carbonyl (C=O) groups is 1. The van der Waals surface area contributed by atoms with Gasteiger partial charge < -0.3 is 5.11 Å². The molecule has 2 aromatic rings. The molecule has 0 bridgehead atoms. The summed E-state index contributed by atoms with van der Waals surface area (Å²) < 4.78 is 0. The second-order valence-electron chi connectivity index (χ2n) is 3.96.